The lowest BCUT2D eigenvalue weighted by Crippen LogP contribution is -2.23. The number of carbonyl (C=O) groups is 1. The molecule has 1 atom stereocenters. The molecule has 1 aliphatic rings. The number of pyridine rings is 2. The van der Waals surface area contributed by atoms with Gasteiger partial charge in [0.25, 0.3) is 5.91 Å². The van der Waals surface area contributed by atoms with Gasteiger partial charge < -0.3 is 19.6 Å². The van der Waals surface area contributed by atoms with Crippen LogP contribution in [0.4, 0.5) is 18.9 Å². The number of rotatable bonds is 5. The minimum Gasteiger partial charge on any atom is -0.444 e. The van der Waals surface area contributed by atoms with E-state index in [4.69, 9.17) is 9.15 Å². The number of anilines is 1. The lowest BCUT2D eigenvalue weighted by molar-refractivity contribution is -0.141. The van der Waals surface area contributed by atoms with E-state index in [1.807, 2.05) is 0 Å². The van der Waals surface area contributed by atoms with Crippen LogP contribution in [0, 0.1) is 0 Å². The maximum absolute atomic E-state index is 13.0. The number of fused-ring (bicyclic) bond motifs is 1. The van der Waals surface area contributed by atoms with Crippen molar-refractivity contribution in [2.45, 2.75) is 51.1 Å². The van der Waals surface area contributed by atoms with E-state index >= 15 is 0 Å². The number of oxazole rings is 1. The monoisotopic (exact) mass is 516 g/mol. The quantitative estimate of drug-likeness (QED) is 0.391. The summed E-state index contributed by atoms with van der Waals surface area (Å²) in [5.41, 5.74) is -1.92. The number of hydrogen-bond donors (Lipinski definition) is 2. The molecular weight excluding hydrogens is 493 g/mol. The largest absolute Gasteiger partial charge is 0.444 e. The molecule has 0 bridgehead atoms. The molecule has 0 aromatic carbocycles. The maximum Gasteiger partial charge on any atom is 0.433 e. The third-order valence-electron chi connectivity index (χ3n) is 5.82. The summed E-state index contributed by atoms with van der Waals surface area (Å²) in [5, 5.41) is 18.5. The molecule has 0 radical (unpaired) electrons. The number of alkyl halides is 3. The highest BCUT2D eigenvalue weighted by molar-refractivity contribution is 6.04. The zero-order chi connectivity index (χ0) is 26.4. The number of nitrogens with zero attached hydrogens (tertiary/aromatic N) is 5. The fourth-order valence-corrected chi connectivity index (χ4v) is 4.03. The Morgan fingerprint density at radius 1 is 1.22 bits per heavy atom. The first-order valence-corrected chi connectivity index (χ1v) is 11.5. The number of amides is 1. The Hall–Kier alpha value is -3.84. The highest BCUT2D eigenvalue weighted by Crippen LogP contribution is 2.32. The Morgan fingerprint density at radius 2 is 2.03 bits per heavy atom. The summed E-state index contributed by atoms with van der Waals surface area (Å²) in [5.74, 6) is -0.877. The van der Waals surface area contributed by atoms with Gasteiger partial charge in [0.05, 0.1) is 11.4 Å². The van der Waals surface area contributed by atoms with Gasteiger partial charge in [-0.15, -0.1) is 5.10 Å². The maximum atomic E-state index is 13.0. The number of aromatic nitrogens is 5. The molecule has 0 aliphatic carbocycles. The molecule has 37 heavy (non-hydrogen) atoms. The Morgan fingerprint density at radius 3 is 2.73 bits per heavy atom. The van der Waals surface area contributed by atoms with Gasteiger partial charge in [-0.05, 0) is 51.3 Å². The normalized spacial score (nSPS) is 16.8. The molecule has 1 aliphatic heterocycles. The molecule has 4 aromatic rings. The molecule has 1 unspecified atom stereocenters. The summed E-state index contributed by atoms with van der Waals surface area (Å²) in [4.78, 5) is 24.8. The molecule has 1 saturated heterocycles. The molecule has 0 spiro atoms. The first-order valence-electron chi connectivity index (χ1n) is 11.5. The van der Waals surface area contributed by atoms with E-state index in [2.05, 4.69) is 25.4 Å². The van der Waals surface area contributed by atoms with E-state index in [-0.39, 0.29) is 34.8 Å². The fourth-order valence-electron chi connectivity index (χ4n) is 4.03. The predicted octanol–water partition coefficient (Wildman–Crippen LogP) is 4.68. The number of halogens is 3. The first kappa shape index (κ1) is 24.8. The van der Waals surface area contributed by atoms with Gasteiger partial charge >= 0.3 is 6.18 Å². The number of aliphatic hydroxyl groups is 1. The molecule has 2 N–H and O–H groups in total. The summed E-state index contributed by atoms with van der Waals surface area (Å²) in [6.07, 6.45) is 1.74. The highest BCUT2D eigenvalue weighted by Gasteiger charge is 2.33. The summed E-state index contributed by atoms with van der Waals surface area (Å²) in [6.45, 7) is 3.68. The Balaban J connectivity index is 1.43. The number of hydrogen-bond acceptors (Lipinski definition) is 8. The van der Waals surface area contributed by atoms with Crippen LogP contribution in [0.5, 0.6) is 0 Å². The van der Waals surface area contributed by atoms with Crippen LogP contribution in [0.2, 0.25) is 0 Å². The Kier molecular flexibility index (Phi) is 6.20. The van der Waals surface area contributed by atoms with Gasteiger partial charge in [-0.3, -0.25) is 9.78 Å². The second-order valence-corrected chi connectivity index (χ2v) is 9.21. The van der Waals surface area contributed by atoms with Crippen LogP contribution in [-0.4, -0.2) is 42.4 Å². The van der Waals surface area contributed by atoms with Gasteiger partial charge in [-0.2, -0.15) is 13.2 Å². The van der Waals surface area contributed by atoms with Crippen molar-refractivity contribution in [2.75, 3.05) is 11.9 Å². The summed E-state index contributed by atoms with van der Waals surface area (Å²) in [6, 6.07) is 3.71. The van der Waals surface area contributed by atoms with Crippen molar-refractivity contribution < 1.29 is 32.2 Å². The molecule has 0 saturated carbocycles. The summed E-state index contributed by atoms with van der Waals surface area (Å²) in [7, 11) is 0. The van der Waals surface area contributed by atoms with E-state index < -0.39 is 23.4 Å². The van der Waals surface area contributed by atoms with E-state index in [9.17, 15) is 23.1 Å². The van der Waals surface area contributed by atoms with E-state index in [1.54, 1.807) is 16.9 Å². The van der Waals surface area contributed by atoms with Crippen LogP contribution >= 0.6 is 0 Å². The standard InChI is InChI=1S/C24H23F3N6O4/c1-23(2,35)19-15(9-14-11-33(32-20(14)31-19)18-5-3-4-8-36-18)29-21(34)16-12-37-22(30-16)13-6-7-28-17(10-13)24(25,26)27/h6-7,9-12,18,35H,3-5,8H2,1-2H3,(H,29,34). The van der Waals surface area contributed by atoms with Crippen LogP contribution in [0.3, 0.4) is 0 Å². The average Bonchev–Trinajstić information content (AvgIpc) is 3.51. The number of carbonyl (C=O) groups excluding carboxylic acids is 1. The minimum absolute atomic E-state index is 0.0130. The van der Waals surface area contributed by atoms with E-state index in [1.165, 1.54) is 19.9 Å². The second-order valence-electron chi connectivity index (χ2n) is 9.21. The molecule has 10 nitrogen and oxygen atoms in total. The van der Waals surface area contributed by atoms with Crippen LogP contribution in [0.25, 0.3) is 22.5 Å². The van der Waals surface area contributed by atoms with Crippen molar-refractivity contribution >= 4 is 22.6 Å². The lowest BCUT2D eigenvalue weighted by atomic mass is 10.0. The fraction of sp³-hybridized carbons (Fsp3) is 0.375. The first-order chi connectivity index (χ1) is 17.5. The molecule has 194 valence electrons. The smallest absolute Gasteiger partial charge is 0.433 e. The third kappa shape index (κ3) is 5.18. The van der Waals surface area contributed by atoms with Gasteiger partial charge in [0, 0.05) is 30.0 Å². The van der Waals surface area contributed by atoms with Gasteiger partial charge in [0.1, 0.15) is 23.8 Å². The van der Waals surface area contributed by atoms with Crippen molar-refractivity contribution in [3.8, 4) is 11.5 Å². The van der Waals surface area contributed by atoms with Crippen molar-refractivity contribution in [1.29, 1.82) is 0 Å². The highest BCUT2D eigenvalue weighted by atomic mass is 19.4. The van der Waals surface area contributed by atoms with E-state index in [0.29, 0.717) is 17.6 Å². The van der Waals surface area contributed by atoms with Crippen molar-refractivity contribution in [1.82, 2.24) is 24.7 Å². The van der Waals surface area contributed by atoms with Crippen LogP contribution in [0.1, 0.15) is 61.2 Å². The number of nitrogens with one attached hydrogen (secondary N) is 1. The van der Waals surface area contributed by atoms with Crippen LogP contribution < -0.4 is 5.32 Å². The van der Waals surface area contributed by atoms with Crippen molar-refractivity contribution in [3.05, 3.63) is 53.9 Å². The van der Waals surface area contributed by atoms with Gasteiger partial charge in [-0.25, -0.2) is 14.6 Å². The average molecular weight is 516 g/mol. The van der Waals surface area contributed by atoms with Crippen LogP contribution in [-0.2, 0) is 16.5 Å². The van der Waals surface area contributed by atoms with Gasteiger partial charge in [-0.1, -0.05) is 0 Å². The molecule has 5 rings (SSSR count). The molecule has 4 aromatic heterocycles. The SMILES string of the molecule is CC(C)(O)c1nc2nn(C3CCCCO3)cc2cc1NC(=O)c1coc(-c2ccnc(C(F)(F)F)c2)n1. The molecule has 1 fully saturated rings. The van der Waals surface area contributed by atoms with E-state index in [0.717, 1.165) is 37.8 Å². The van der Waals surface area contributed by atoms with Gasteiger partial charge in [0.2, 0.25) is 5.89 Å². The second kappa shape index (κ2) is 9.23. The molecule has 1 amide bonds. The molecule has 5 heterocycles. The Labute approximate surface area is 208 Å². The topological polar surface area (TPSA) is 128 Å². The third-order valence-corrected chi connectivity index (χ3v) is 5.82. The molecular formula is C24H23F3N6O4. The lowest BCUT2D eigenvalue weighted by Gasteiger charge is -2.22. The van der Waals surface area contributed by atoms with Crippen LogP contribution in [0.15, 0.2) is 41.3 Å². The number of ether oxygens (including phenoxy) is 1. The van der Waals surface area contributed by atoms with Crippen molar-refractivity contribution in [2.24, 2.45) is 0 Å². The zero-order valence-electron chi connectivity index (χ0n) is 19.9. The summed E-state index contributed by atoms with van der Waals surface area (Å²) < 4.78 is 51.7. The summed E-state index contributed by atoms with van der Waals surface area (Å²) >= 11 is 0. The zero-order valence-corrected chi connectivity index (χ0v) is 19.9. The van der Waals surface area contributed by atoms with Gasteiger partial charge in [0.15, 0.2) is 11.3 Å². The Bertz CT molecular complexity index is 1450. The molecule has 13 heteroatoms. The minimum atomic E-state index is -4.64. The predicted molar refractivity (Wildman–Crippen MR) is 124 cm³/mol. The van der Waals surface area contributed by atoms with Crippen molar-refractivity contribution in [3.63, 3.8) is 0 Å².